The number of hydrogen-bond acceptors (Lipinski definition) is 2. The van der Waals surface area contributed by atoms with Gasteiger partial charge in [-0.25, -0.2) is 13.6 Å². The lowest BCUT2D eigenvalue weighted by Gasteiger charge is -1.93. The van der Waals surface area contributed by atoms with Crippen molar-refractivity contribution in [2.24, 2.45) is 4.99 Å². The second-order valence-corrected chi connectivity index (χ2v) is 1.89. The molecule has 0 saturated heterocycles. The number of hydrogen-bond donors (Lipinski definition) is 1. The molecule has 0 rings (SSSR count). The van der Waals surface area contributed by atoms with E-state index in [2.05, 4.69) is 11.7 Å². The van der Waals surface area contributed by atoms with Crippen molar-refractivity contribution in [1.29, 1.82) is 0 Å². The van der Waals surface area contributed by atoms with Crippen LogP contribution in [0.3, 0.4) is 0 Å². The Labute approximate surface area is 67.7 Å². The molecule has 0 aromatic heterocycles. The van der Waals surface area contributed by atoms with E-state index < -0.39 is 23.3 Å². The summed E-state index contributed by atoms with van der Waals surface area (Å²) in [5.41, 5.74) is -0.896. The van der Waals surface area contributed by atoms with Crippen molar-refractivity contribution in [2.75, 3.05) is 0 Å². The average Bonchev–Trinajstić information content (AvgIpc) is 1.85. The molecule has 0 bridgehead atoms. The number of carbonyl (C=O) groups is 1. The Bertz CT molecular complexity index is 265. The Morgan fingerprint density at radius 3 is 2.33 bits per heavy atom. The molecule has 0 aliphatic rings. The average molecular weight is 175 g/mol. The molecule has 0 aromatic carbocycles. The molecule has 0 aromatic rings. The molecule has 3 nitrogen and oxygen atoms in total. The molecule has 0 atom stereocenters. The molecule has 0 aliphatic carbocycles. The van der Waals surface area contributed by atoms with E-state index in [0.717, 1.165) is 6.92 Å². The fourth-order valence-corrected chi connectivity index (χ4v) is 0.488. The molecule has 0 unspecified atom stereocenters. The van der Waals surface area contributed by atoms with Crippen molar-refractivity contribution in [1.82, 2.24) is 0 Å². The number of allylic oxidation sites excluding steroid dienone is 3. The van der Waals surface area contributed by atoms with Gasteiger partial charge in [0.2, 0.25) is 0 Å². The van der Waals surface area contributed by atoms with E-state index in [4.69, 9.17) is 5.11 Å². The van der Waals surface area contributed by atoms with Crippen LogP contribution in [-0.4, -0.2) is 17.8 Å². The van der Waals surface area contributed by atoms with Crippen LogP contribution in [0.15, 0.2) is 28.4 Å². The van der Waals surface area contributed by atoms with E-state index in [0.29, 0.717) is 6.08 Å². The van der Waals surface area contributed by atoms with Crippen LogP contribution in [0.4, 0.5) is 8.78 Å². The zero-order valence-electron chi connectivity index (χ0n) is 6.34. The standard InChI is InChI=1S/C7H7F2NO2/c1-4(8)3-5(9)6(10-2)7(11)12/h3H,2H2,1H3,(H,11,12)/b4-3+,6-5+. The van der Waals surface area contributed by atoms with Crippen LogP contribution >= 0.6 is 0 Å². The highest BCUT2D eigenvalue weighted by Gasteiger charge is 2.10. The first kappa shape index (κ1) is 10.5. The second-order valence-electron chi connectivity index (χ2n) is 1.89. The molecule has 1 N–H and O–H groups in total. The highest BCUT2D eigenvalue weighted by molar-refractivity contribution is 5.88. The van der Waals surface area contributed by atoms with E-state index in [9.17, 15) is 13.6 Å². The molecule has 0 saturated carbocycles. The first-order valence-electron chi connectivity index (χ1n) is 2.92. The van der Waals surface area contributed by atoms with Crippen LogP contribution in [0, 0.1) is 0 Å². The lowest BCUT2D eigenvalue weighted by Crippen LogP contribution is -1.99. The maximum Gasteiger partial charge on any atom is 0.357 e. The molecule has 0 aliphatic heterocycles. The summed E-state index contributed by atoms with van der Waals surface area (Å²) < 4.78 is 24.7. The highest BCUT2D eigenvalue weighted by atomic mass is 19.1. The SMILES string of the molecule is C=N/C(C(=O)O)=C(F)\C=C(/C)F. The van der Waals surface area contributed by atoms with Gasteiger partial charge in [0, 0.05) is 6.08 Å². The molecule has 66 valence electrons. The summed E-state index contributed by atoms with van der Waals surface area (Å²) >= 11 is 0. The minimum atomic E-state index is -1.58. The summed E-state index contributed by atoms with van der Waals surface area (Å²) in [5, 5.41) is 8.27. The summed E-state index contributed by atoms with van der Waals surface area (Å²) in [7, 11) is 0. The van der Waals surface area contributed by atoms with Crippen molar-refractivity contribution in [2.45, 2.75) is 6.92 Å². The Morgan fingerprint density at radius 2 is 2.08 bits per heavy atom. The first-order valence-corrected chi connectivity index (χ1v) is 2.92. The van der Waals surface area contributed by atoms with Gasteiger partial charge in [-0.3, -0.25) is 4.99 Å². The third kappa shape index (κ3) is 3.05. The van der Waals surface area contributed by atoms with E-state index in [1.807, 2.05) is 0 Å². The fourth-order valence-electron chi connectivity index (χ4n) is 0.488. The number of carboxylic acids is 1. The van der Waals surface area contributed by atoms with Gasteiger partial charge in [-0.2, -0.15) is 0 Å². The van der Waals surface area contributed by atoms with Crippen molar-refractivity contribution in [3.05, 3.63) is 23.4 Å². The minimum Gasteiger partial charge on any atom is -0.476 e. The first-order chi connectivity index (χ1) is 5.49. The van der Waals surface area contributed by atoms with Gasteiger partial charge in [0.05, 0.1) is 5.83 Å². The van der Waals surface area contributed by atoms with Gasteiger partial charge >= 0.3 is 5.97 Å². The van der Waals surface area contributed by atoms with E-state index in [-0.39, 0.29) is 0 Å². The Morgan fingerprint density at radius 1 is 1.58 bits per heavy atom. The molecule has 12 heavy (non-hydrogen) atoms. The van der Waals surface area contributed by atoms with E-state index in [1.54, 1.807) is 0 Å². The normalized spacial score (nSPS) is 13.8. The zero-order chi connectivity index (χ0) is 9.72. The number of rotatable bonds is 3. The monoisotopic (exact) mass is 175 g/mol. The van der Waals surface area contributed by atoms with Gasteiger partial charge in [-0.05, 0) is 13.6 Å². The molecular weight excluding hydrogens is 168 g/mol. The number of halogens is 2. The number of carboxylic acid groups (broad SMARTS) is 1. The third-order valence-electron chi connectivity index (χ3n) is 0.913. The van der Waals surface area contributed by atoms with Crippen molar-refractivity contribution in [3.8, 4) is 0 Å². The van der Waals surface area contributed by atoms with Crippen LogP contribution < -0.4 is 0 Å². The van der Waals surface area contributed by atoms with Gasteiger partial charge < -0.3 is 5.11 Å². The summed E-state index contributed by atoms with van der Waals surface area (Å²) in [4.78, 5) is 13.1. The van der Waals surface area contributed by atoms with Gasteiger partial charge in [-0.15, -0.1) is 0 Å². The quantitative estimate of drug-likeness (QED) is 0.404. The molecule has 0 fully saturated rings. The van der Waals surface area contributed by atoms with Crippen molar-refractivity contribution >= 4 is 12.7 Å². The smallest absolute Gasteiger partial charge is 0.357 e. The molecule has 0 spiro atoms. The van der Waals surface area contributed by atoms with Gasteiger partial charge in [0.1, 0.15) is 0 Å². The topological polar surface area (TPSA) is 49.7 Å². The van der Waals surface area contributed by atoms with Crippen LogP contribution in [0.25, 0.3) is 0 Å². The Kier molecular flexibility index (Phi) is 3.82. The van der Waals surface area contributed by atoms with Crippen molar-refractivity contribution in [3.63, 3.8) is 0 Å². The maximum atomic E-state index is 12.6. The largest absolute Gasteiger partial charge is 0.476 e. The molecule has 0 heterocycles. The van der Waals surface area contributed by atoms with E-state index in [1.165, 1.54) is 0 Å². The molecular formula is C7H7F2NO2. The summed E-state index contributed by atoms with van der Waals surface area (Å²) in [6, 6.07) is 0. The summed E-state index contributed by atoms with van der Waals surface area (Å²) in [6.45, 7) is 3.82. The molecule has 0 amide bonds. The van der Waals surface area contributed by atoms with Gasteiger partial charge in [0.25, 0.3) is 0 Å². The lowest BCUT2D eigenvalue weighted by atomic mass is 10.3. The second kappa shape index (κ2) is 4.38. The van der Waals surface area contributed by atoms with Gasteiger partial charge in [0.15, 0.2) is 11.5 Å². The van der Waals surface area contributed by atoms with E-state index >= 15 is 0 Å². The summed E-state index contributed by atoms with van der Waals surface area (Å²) in [5.74, 6) is -3.67. The van der Waals surface area contributed by atoms with Crippen molar-refractivity contribution < 1.29 is 18.7 Å². The van der Waals surface area contributed by atoms with Gasteiger partial charge in [-0.1, -0.05) is 0 Å². The number of aliphatic imine (C=N–C) groups is 1. The third-order valence-corrected chi connectivity index (χ3v) is 0.913. The minimum absolute atomic E-state index is 0.429. The number of nitrogens with zero attached hydrogens (tertiary/aromatic N) is 1. The lowest BCUT2D eigenvalue weighted by molar-refractivity contribution is -0.132. The van der Waals surface area contributed by atoms with Crippen LogP contribution in [0.2, 0.25) is 0 Å². The number of aliphatic carboxylic acids is 1. The fraction of sp³-hybridized carbons (Fsp3) is 0.143. The van der Waals surface area contributed by atoms with Crippen LogP contribution in [-0.2, 0) is 4.79 Å². The molecule has 0 radical (unpaired) electrons. The maximum absolute atomic E-state index is 12.6. The molecule has 5 heteroatoms. The predicted molar refractivity (Wildman–Crippen MR) is 40.2 cm³/mol. The van der Waals surface area contributed by atoms with Crippen LogP contribution in [0.5, 0.6) is 0 Å². The Hall–Kier alpha value is -1.52. The summed E-state index contributed by atoms with van der Waals surface area (Å²) in [6.07, 6.45) is 0.429. The zero-order valence-corrected chi connectivity index (χ0v) is 6.34. The highest BCUT2D eigenvalue weighted by Crippen LogP contribution is 2.11. The Balaban J connectivity index is 4.98. The predicted octanol–water partition coefficient (Wildman–Crippen LogP) is 1.83. The van der Waals surface area contributed by atoms with Crippen LogP contribution in [0.1, 0.15) is 6.92 Å².